The van der Waals surface area contributed by atoms with Gasteiger partial charge in [0.25, 0.3) is 5.70 Å². The first-order valence-corrected chi connectivity index (χ1v) is 8.30. The molecule has 0 saturated heterocycles. The second-order valence-corrected chi connectivity index (χ2v) is 5.88. The van der Waals surface area contributed by atoms with Crippen LogP contribution in [0.2, 0.25) is 0 Å². The van der Waals surface area contributed by atoms with Crippen LogP contribution in [0.4, 0.5) is 0 Å². The molecule has 0 N–H and O–H groups in total. The Labute approximate surface area is 147 Å². The van der Waals surface area contributed by atoms with Crippen molar-refractivity contribution in [3.05, 3.63) is 112 Å². The van der Waals surface area contributed by atoms with Crippen LogP contribution in [0, 0.1) is 10.1 Å². The summed E-state index contributed by atoms with van der Waals surface area (Å²) in [6, 6.07) is 19.6. The predicted molar refractivity (Wildman–Crippen MR) is 100 cm³/mol. The van der Waals surface area contributed by atoms with Gasteiger partial charge in [-0.1, -0.05) is 72.8 Å². The molecular weight excluding hydrogens is 312 g/mol. The smallest absolute Gasteiger partial charge is 0.272 e. The molecule has 0 aromatic heterocycles. The lowest BCUT2D eigenvalue weighted by molar-refractivity contribution is -0.431. The van der Waals surface area contributed by atoms with Gasteiger partial charge in [0, 0.05) is 18.8 Å². The highest BCUT2D eigenvalue weighted by molar-refractivity contribution is 5.50. The van der Waals surface area contributed by atoms with Crippen LogP contribution in [0.15, 0.2) is 90.8 Å². The summed E-state index contributed by atoms with van der Waals surface area (Å²) in [5.41, 5.74) is 2.45. The van der Waals surface area contributed by atoms with Crippen LogP contribution in [0.5, 0.6) is 0 Å². The maximum absolute atomic E-state index is 11.4. The summed E-state index contributed by atoms with van der Waals surface area (Å²) in [4.78, 5) is 13.2. The molecule has 0 radical (unpaired) electrons. The lowest BCUT2D eigenvalue weighted by Gasteiger charge is -2.28. The van der Waals surface area contributed by atoms with Crippen LogP contribution < -0.4 is 0 Å². The maximum atomic E-state index is 11.4. The molecule has 3 rings (SSSR count). The van der Waals surface area contributed by atoms with Gasteiger partial charge in [-0.25, -0.2) is 0 Å². The van der Waals surface area contributed by atoms with Crippen molar-refractivity contribution in [1.82, 2.24) is 4.90 Å². The molecule has 0 spiro atoms. The molecule has 126 valence electrons. The summed E-state index contributed by atoms with van der Waals surface area (Å²) in [6.07, 6.45) is 9.94. The molecule has 1 heterocycles. The predicted octanol–water partition coefficient (Wildman–Crippen LogP) is 4.30. The van der Waals surface area contributed by atoms with E-state index >= 15 is 0 Å². The van der Waals surface area contributed by atoms with Gasteiger partial charge >= 0.3 is 0 Å². The first kappa shape index (κ1) is 16.7. The lowest BCUT2D eigenvalue weighted by atomic mass is 10.1. The van der Waals surface area contributed by atoms with E-state index in [4.69, 9.17) is 0 Å². The number of allylic oxidation sites excluding steroid dienone is 2. The highest BCUT2D eigenvalue weighted by Crippen LogP contribution is 2.20. The topological polar surface area (TPSA) is 46.4 Å². The molecule has 0 bridgehead atoms. The number of nitrogens with zero attached hydrogens (tertiary/aromatic N) is 2. The fourth-order valence-electron chi connectivity index (χ4n) is 2.87. The van der Waals surface area contributed by atoms with Crippen molar-refractivity contribution in [2.75, 3.05) is 6.54 Å². The normalized spacial score (nSPS) is 16.9. The molecule has 4 nitrogen and oxygen atoms in total. The summed E-state index contributed by atoms with van der Waals surface area (Å²) in [6.45, 7) is 0.718. The summed E-state index contributed by atoms with van der Waals surface area (Å²) in [7, 11) is 0. The van der Waals surface area contributed by atoms with E-state index < -0.39 is 0 Å². The zero-order valence-electron chi connectivity index (χ0n) is 13.9. The van der Waals surface area contributed by atoms with Crippen molar-refractivity contribution < 1.29 is 4.92 Å². The fraction of sp³-hybridized carbons (Fsp3) is 0.143. The Morgan fingerprint density at radius 1 is 1.04 bits per heavy atom. The fourth-order valence-corrected chi connectivity index (χ4v) is 2.87. The molecule has 1 aliphatic heterocycles. The second-order valence-electron chi connectivity index (χ2n) is 5.88. The minimum absolute atomic E-state index is 0.197. The molecule has 2 aromatic rings. The third-order valence-electron chi connectivity index (χ3n) is 4.19. The van der Waals surface area contributed by atoms with Gasteiger partial charge in [-0.05, 0) is 23.6 Å². The largest absolute Gasteiger partial charge is 0.361 e. The highest BCUT2D eigenvalue weighted by Gasteiger charge is 2.28. The van der Waals surface area contributed by atoms with Gasteiger partial charge in [0.1, 0.15) is 6.04 Å². The number of hydrogen-bond donors (Lipinski definition) is 0. The van der Waals surface area contributed by atoms with Crippen LogP contribution in [-0.4, -0.2) is 22.4 Å². The quantitative estimate of drug-likeness (QED) is 0.585. The summed E-state index contributed by atoms with van der Waals surface area (Å²) in [5.74, 6) is 0. The number of benzene rings is 2. The molecule has 25 heavy (non-hydrogen) atoms. The van der Waals surface area contributed by atoms with Crippen molar-refractivity contribution in [1.29, 1.82) is 0 Å². The molecule has 0 fully saturated rings. The van der Waals surface area contributed by atoms with Crippen molar-refractivity contribution in [2.45, 2.75) is 12.5 Å². The van der Waals surface area contributed by atoms with E-state index in [1.165, 1.54) is 5.56 Å². The Balaban J connectivity index is 1.77. The third kappa shape index (κ3) is 4.44. The molecule has 0 aliphatic carbocycles. The average molecular weight is 332 g/mol. The van der Waals surface area contributed by atoms with Crippen LogP contribution in [0.25, 0.3) is 6.08 Å². The molecule has 0 amide bonds. The minimum atomic E-state index is -0.371. The van der Waals surface area contributed by atoms with E-state index in [1.807, 2.05) is 71.8 Å². The van der Waals surface area contributed by atoms with Gasteiger partial charge < -0.3 is 4.90 Å². The molecule has 4 heteroatoms. The molecule has 1 aliphatic rings. The SMILES string of the molecule is O=[N+]([O-])C1=CC=CN(CCc2ccccc2)C1/C=C/c1ccccc1. The van der Waals surface area contributed by atoms with Gasteiger partial charge in [-0.3, -0.25) is 10.1 Å². The highest BCUT2D eigenvalue weighted by atomic mass is 16.6. The van der Waals surface area contributed by atoms with E-state index in [1.54, 1.807) is 12.2 Å². The Bertz CT molecular complexity index is 795. The van der Waals surface area contributed by atoms with Crippen LogP contribution >= 0.6 is 0 Å². The number of rotatable bonds is 6. The zero-order chi connectivity index (χ0) is 17.5. The van der Waals surface area contributed by atoms with Gasteiger partial charge in [-0.2, -0.15) is 0 Å². The molecule has 1 atom stereocenters. The van der Waals surface area contributed by atoms with Crippen LogP contribution in [0.1, 0.15) is 11.1 Å². The van der Waals surface area contributed by atoms with E-state index in [-0.39, 0.29) is 16.7 Å². The summed E-state index contributed by atoms with van der Waals surface area (Å²) in [5, 5.41) is 11.4. The minimum Gasteiger partial charge on any atom is -0.361 e. The Hall–Kier alpha value is -3.14. The van der Waals surface area contributed by atoms with Crippen molar-refractivity contribution in [3.8, 4) is 0 Å². The van der Waals surface area contributed by atoms with Crippen LogP contribution in [0.3, 0.4) is 0 Å². The van der Waals surface area contributed by atoms with Crippen molar-refractivity contribution >= 4 is 6.08 Å². The number of nitro groups is 1. The molecule has 2 aromatic carbocycles. The number of hydrogen-bond acceptors (Lipinski definition) is 3. The zero-order valence-corrected chi connectivity index (χ0v) is 13.9. The van der Waals surface area contributed by atoms with Crippen molar-refractivity contribution in [3.63, 3.8) is 0 Å². The summed E-state index contributed by atoms with van der Waals surface area (Å²) < 4.78 is 0. The second kappa shape index (κ2) is 8.11. The monoisotopic (exact) mass is 332 g/mol. The molecular formula is C21H20N2O2. The van der Waals surface area contributed by atoms with Crippen molar-refractivity contribution in [2.24, 2.45) is 0 Å². The summed E-state index contributed by atoms with van der Waals surface area (Å²) >= 11 is 0. The van der Waals surface area contributed by atoms with Gasteiger partial charge in [0.05, 0.1) is 4.92 Å². The van der Waals surface area contributed by atoms with Gasteiger partial charge in [0.2, 0.25) is 0 Å². The third-order valence-corrected chi connectivity index (χ3v) is 4.19. The van der Waals surface area contributed by atoms with E-state index in [2.05, 4.69) is 12.1 Å². The van der Waals surface area contributed by atoms with E-state index in [9.17, 15) is 10.1 Å². The van der Waals surface area contributed by atoms with E-state index in [0.717, 1.165) is 18.5 Å². The Kier molecular flexibility index (Phi) is 5.42. The average Bonchev–Trinajstić information content (AvgIpc) is 2.66. The first-order valence-electron chi connectivity index (χ1n) is 8.30. The maximum Gasteiger partial charge on any atom is 0.272 e. The van der Waals surface area contributed by atoms with E-state index in [0.29, 0.717) is 0 Å². The molecule has 1 unspecified atom stereocenters. The Morgan fingerprint density at radius 3 is 2.40 bits per heavy atom. The van der Waals surface area contributed by atoms with Crippen LogP contribution in [-0.2, 0) is 6.42 Å². The lowest BCUT2D eigenvalue weighted by Crippen LogP contribution is -2.36. The van der Waals surface area contributed by atoms with Gasteiger partial charge in [0.15, 0.2) is 0 Å². The van der Waals surface area contributed by atoms with Gasteiger partial charge in [-0.15, -0.1) is 0 Å². The standard InChI is InChI=1S/C21H20N2O2/c24-23(25)21-12-7-16-22(17-15-19-10-5-2-6-11-19)20(21)14-13-18-8-3-1-4-9-18/h1-14,16,20H,15,17H2/b14-13+. The molecule has 0 saturated carbocycles. The Morgan fingerprint density at radius 2 is 1.72 bits per heavy atom. The first-order chi connectivity index (χ1) is 12.2.